The molecule has 0 unspecified atom stereocenters. The van der Waals surface area contributed by atoms with Gasteiger partial charge in [-0.1, -0.05) is 0 Å². The van der Waals surface area contributed by atoms with Gasteiger partial charge in [0.25, 0.3) is 5.91 Å². The van der Waals surface area contributed by atoms with Gasteiger partial charge in [0.1, 0.15) is 5.54 Å². The van der Waals surface area contributed by atoms with Crippen LogP contribution >= 0.6 is 0 Å². The third kappa shape index (κ3) is 3.76. The smallest absolute Gasteiger partial charge is 0.352 e. The summed E-state index contributed by atoms with van der Waals surface area (Å²) in [4.78, 5) is 35.7. The van der Waals surface area contributed by atoms with E-state index in [1.165, 1.54) is 37.2 Å². The highest BCUT2D eigenvalue weighted by atomic mass is 19.4. The van der Waals surface area contributed by atoms with E-state index in [1.54, 1.807) is 6.07 Å². The Bertz CT molecular complexity index is 1020. The van der Waals surface area contributed by atoms with Gasteiger partial charge < -0.3 is 10.2 Å². The molecule has 0 atom stereocenters. The van der Waals surface area contributed by atoms with Crippen molar-refractivity contribution in [3.63, 3.8) is 0 Å². The van der Waals surface area contributed by atoms with E-state index in [9.17, 15) is 22.8 Å². The number of aromatic nitrogens is 2. The molecule has 1 aliphatic rings. The van der Waals surface area contributed by atoms with Crippen LogP contribution in [0.2, 0.25) is 0 Å². The van der Waals surface area contributed by atoms with Gasteiger partial charge in [0.15, 0.2) is 0 Å². The number of hydrogen-bond acceptors (Lipinski definition) is 6. The minimum Gasteiger partial charge on any atom is -0.352 e. The number of hydrogen-bond donors (Lipinski definition) is 1. The number of imide groups is 1. The first-order valence-electron chi connectivity index (χ1n) is 8.85. The predicted octanol–water partition coefficient (Wildman–Crippen LogP) is 3.03. The number of nitriles is 1. The molecular formula is C19H17F3N6O2. The molecule has 8 nitrogen and oxygen atoms in total. The summed E-state index contributed by atoms with van der Waals surface area (Å²) in [5, 5.41) is 11.8. The number of carbonyl (C=O) groups excluding carboxylic acids is 2. The normalized spacial score (nSPS) is 16.0. The van der Waals surface area contributed by atoms with Crippen molar-refractivity contribution in [2.75, 3.05) is 23.3 Å². The zero-order valence-corrected chi connectivity index (χ0v) is 16.1. The molecule has 0 aliphatic carbocycles. The molecule has 0 spiro atoms. The molecule has 1 aromatic heterocycles. The van der Waals surface area contributed by atoms with Gasteiger partial charge in [-0.2, -0.15) is 18.4 Å². The van der Waals surface area contributed by atoms with Crippen LogP contribution in [0.5, 0.6) is 0 Å². The average Bonchev–Trinajstić information content (AvgIpc) is 2.87. The number of benzene rings is 1. The Kier molecular flexibility index (Phi) is 5.35. The Balaban J connectivity index is 1.86. The van der Waals surface area contributed by atoms with Crippen molar-refractivity contribution in [1.82, 2.24) is 14.9 Å². The maximum absolute atomic E-state index is 13.3. The summed E-state index contributed by atoms with van der Waals surface area (Å²) in [6, 6.07) is 5.10. The van der Waals surface area contributed by atoms with Crippen LogP contribution in [0.3, 0.4) is 0 Å². The van der Waals surface area contributed by atoms with Crippen molar-refractivity contribution in [1.29, 1.82) is 5.26 Å². The lowest BCUT2D eigenvalue weighted by molar-refractivity contribution is -0.137. The quantitative estimate of drug-likeness (QED) is 0.749. The molecule has 3 amide bonds. The number of alkyl halides is 3. The molecule has 1 aromatic carbocycles. The number of amides is 3. The van der Waals surface area contributed by atoms with E-state index in [0.29, 0.717) is 16.9 Å². The maximum atomic E-state index is 13.3. The van der Waals surface area contributed by atoms with Gasteiger partial charge in [0, 0.05) is 25.5 Å². The zero-order valence-electron chi connectivity index (χ0n) is 16.1. The van der Waals surface area contributed by atoms with Crippen molar-refractivity contribution >= 4 is 23.6 Å². The largest absolute Gasteiger partial charge is 0.417 e. The number of anilines is 2. The van der Waals surface area contributed by atoms with Crippen LogP contribution in [0.4, 0.5) is 29.6 Å². The number of halogens is 3. The second-order valence-electron chi connectivity index (χ2n) is 6.97. The Morgan fingerprint density at radius 1 is 1.20 bits per heavy atom. The van der Waals surface area contributed by atoms with Crippen LogP contribution in [0, 0.1) is 11.3 Å². The first-order chi connectivity index (χ1) is 14.1. The first-order valence-corrected chi connectivity index (χ1v) is 8.85. The Hall–Kier alpha value is -3.68. The number of nitrogens with one attached hydrogen (secondary N) is 1. The lowest BCUT2D eigenvalue weighted by Gasteiger charge is -2.27. The molecule has 2 aromatic rings. The van der Waals surface area contributed by atoms with E-state index in [2.05, 4.69) is 15.3 Å². The molecule has 3 rings (SSSR count). The van der Waals surface area contributed by atoms with Gasteiger partial charge >= 0.3 is 12.2 Å². The molecule has 1 saturated heterocycles. The molecule has 0 radical (unpaired) electrons. The van der Waals surface area contributed by atoms with Crippen molar-refractivity contribution < 1.29 is 22.8 Å². The third-order valence-electron chi connectivity index (χ3n) is 4.69. The summed E-state index contributed by atoms with van der Waals surface area (Å²) in [5.41, 5.74) is -3.31. The molecule has 1 aliphatic heterocycles. The molecule has 11 heteroatoms. The monoisotopic (exact) mass is 418 g/mol. The SMILES string of the molecule is CC1(C)C(=O)N(c2ccc(C#N)c(C(F)(F)F)c2)C(=O)N1CCNc1ncccn1. The Morgan fingerprint density at radius 3 is 2.47 bits per heavy atom. The second-order valence-corrected chi connectivity index (χ2v) is 6.97. The van der Waals surface area contributed by atoms with Crippen molar-refractivity contribution in [3.8, 4) is 6.07 Å². The summed E-state index contributed by atoms with van der Waals surface area (Å²) >= 11 is 0. The minimum absolute atomic E-state index is 0.0920. The van der Waals surface area contributed by atoms with Crippen molar-refractivity contribution in [3.05, 3.63) is 47.8 Å². The molecule has 156 valence electrons. The van der Waals surface area contributed by atoms with E-state index in [4.69, 9.17) is 5.26 Å². The first kappa shape index (κ1) is 21.0. The van der Waals surface area contributed by atoms with Crippen molar-refractivity contribution in [2.45, 2.75) is 25.6 Å². The summed E-state index contributed by atoms with van der Waals surface area (Å²) in [7, 11) is 0. The van der Waals surface area contributed by atoms with Gasteiger partial charge in [0.05, 0.1) is 22.9 Å². The molecule has 30 heavy (non-hydrogen) atoms. The summed E-state index contributed by atoms with van der Waals surface area (Å²) in [5.74, 6) is -0.326. The number of nitrogens with zero attached hydrogens (tertiary/aromatic N) is 5. The second kappa shape index (κ2) is 7.62. The van der Waals surface area contributed by atoms with E-state index >= 15 is 0 Å². The van der Waals surface area contributed by atoms with Gasteiger partial charge in [-0.3, -0.25) is 4.79 Å². The standard InChI is InChI=1S/C19H17F3N6O2/c1-18(2)15(29)28(13-5-4-12(11-23)14(10-13)19(20,21)22)17(30)27(18)9-8-26-16-24-6-3-7-25-16/h3-7,10H,8-9H2,1-2H3,(H,24,25,26). The molecule has 1 N–H and O–H groups in total. The lowest BCUT2D eigenvalue weighted by Crippen LogP contribution is -2.46. The van der Waals surface area contributed by atoms with E-state index in [1.807, 2.05) is 0 Å². The predicted molar refractivity (Wildman–Crippen MR) is 100 cm³/mol. The highest BCUT2D eigenvalue weighted by molar-refractivity contribution is 6.23. The lowest BCUT2D eigenvalue weighted by atomic mass is 10.0. The van der Waals surface area contributed by atoms with E-state index < -0.39 is 34.8 Å². The van der Waals surface area contributed by atoms with Crippen LogP contribution in [0.15, 0.2) is 36.7 Å². The fourth-order valence-electron chi connectivity index (χ4n) is 3.11. The third-order valence-corrected chi connectivity index (χ3v) is 4.69. The molecule has 1 fully saturated rings. The van der Waals surface area contributed by atoms with Gasteiger partial charge in [-0.15, -0.1) is 0 Å². The highest BCUT2D eigenvalue weighted by Gasteiger charge is 2.52. The molecule has 0 saturated carbocycles. The molecule has 2 heterocycles. The van der Waals surface area contributed by atoms with Crippen molar-refractivity contribution in [2.24, 2.45) is 0 Å². The number of rotatable bonds is 5. The van der Waals surface area contributed by atoms with E-state index in [-0.39, 0.29) is 18.8 Å². The van der Waals surface area contributed by atoms with Gasteiger partial charge in [-0.05, 0) is 38.1 Å². The van der Waals surface area contributed by atoms with Gasteiger partial charge in [0.2, 0.25) is 5.95 Å². The Labute approximate surface area is 169 Å². The Morgan fingerprint density at radius 2 is 1.87 bits per heavy atom. The average molecular weight is 418 g/mol. The maximum Gasteiger partial charge on any atom is 0.417 e. The number of urea groups is 1. The summed E-state index contributed by atoms with van der Waals surface area (Å²) < 4.78 is 39.8. The minimum atomic E-state index is -4.80. The van der Waals surface area contributed by atoms with Gasteiger partial charge in [-0.25, -0.2) is 19.7 Å². The topological polar surface area (TPSA) is 102 Å². The zero-order chi connectivity index (χ0) is 22.1. The summed E-state index contributed by atoms with van der Waals surface area (Å²) in [6.45, 7) is 3.34. The van der Waals surface area contributed by atoms with Crippen LogP contribution in [0.25, 0.3) is 0 Å². The fraction of sp³-hybridized carbons (Fsp3) is 0.316. The van der Waals surface area contributed by atoms with Crippen LogP contribution in [-0.2, 0) is 11.0 Å². The summed E-state index contributed by atoms with van der Waals surface area (Å²) in [6.07, 6.45) is -1.73. The highest BCUT2D eigenvalue weighted by Crippen LogP contribution is 2.37. The fourth-order valence-corrected chi connectivity index (χ4v) is 3.11. The molecular weight excluding hydrogens is 401 g/mol. The van der Waals surface area contributed by atoms with Crippen LogP contribution < -0.4 is 10.2 Å². The molecule has 0 bridgehead atoms. The van der Waals surface area contributed by atoms with Crippen LogP contribution in [-0.4, -0.2) is 45.4 Å². The number of carbonyl (C=O) groups is 2. The van der Waals surface area contributed by atoms with Crippen LogP contribution in [0.1, 0.15) is 25.0 Å². The van der Waals surface area contributed by atoms with E-state index in [0.717, 1.165) is 12.1 Å².